The maximum Gasteiger partial charge on any atom is 0.230 e. The number of fused-ring (bicyclic) bond motifs is 1. The number of benzene rings is 1. The highest BCUT2D eigenvalue weighted by molar-refractivity contribution is 7.17. The van der Waals surface area contributed by atoms with Crippen molar-refractivity contribution in [3.63, 3.8) is 0 Å². The summed E-state index contributed by atoms with van der Waals surface area (Å²) < 4.78 is 21.2. The van der Waals surface area contributed by atoms with Crippen LogP contribution in [0.1, 0.15) is 36.2 Å². The predicted molar refractivity (Wildman–Crippen MR) is 97.1 cm³/mol. The summed E-state index contributed by atoms with van der Waals surface area (Å²) in [5, 5.41) is 15.0. The maximum atomic E-state index is 13.9. The molecule has 1 saturated heterocycles. The number of morpholine rings is 1. The van der Waals surface area contributed by atoms with E-state index >= 15 is 0 Å². The first-order valence-electron chi connectivity index (χ1n) is 8.62. The van der Waals surface area contributed by atoms with Gasteiger partial charge in [-0.15, -0.1) is 5.10 Å². The Morgan fingerprint density at radius 3 is 2.69 bits per heavy atom. The Bertz CT molecular complexity index is 931. The Morgan fingerprint density at radius 1 is 1.31 bits per heavy atom. The highest BCUT2D eigenvalue weighted by Gasteiger charge is 2.34. The molecule has 8 heteroatoms. The smallest absolute Gasteiger partial charge is 0.230 e. The van der Waals surface area contributed by atoms with Crippen LogP contribution < -0.4 is 0 Å². The van der Waals surface area contributed by atoms with Crippen molar-refractivity contribution in [3.8, 4) is 5.88 Å². The lowest BCUT2D eigenvalue weighted by Gasteiger charge is -2.40. The van der Waals surface area contributed by atoms with Crippen LogP contribution in [0.25, 0.3) is 4.96 Å². The molecule has 138 valence electrons. The first-order chi connectivity index (χ1) is 12.4. The fraction of sp³-hybridized carbons (Fsp3) is 0.444. The quantitative estimate of drug-likeness (QED) is 0.761. The van der Waals surface area contributed by atoms with Crippen molar-refractivity contribution in [1.29, 1.82) is 0 Å². The number of aromatic nitrogens is 3. The Balaban J connectivity index is 1.84. The molecule has 0 radical (unpaired) electrons. The number of aromatic hydroxyl groups is 1. The average Bonchev–Trinajstić information content (AvgIpc) is 3.05. The average molecular weight is 376 g/mol. The molecule has 1 aromatic carbocycles. The van der Waals surface area contributed by atoms with Gasteiger partial charge in [0.15, 0.2) is 0 Å². The minimum atomic E-state index is -0.295. The summed E-state index contributed by atoms with van der Waals surface area (Å²) in [4.78, 5) is 7.93. The molecular weight excluding hydrogens is 355 g/mol. The molecule has 1 aliphatic heterocycles. The van der Waals surface area contributed by atoms with Crippen LogP contribution >= 0.6 is 11.3 Å². The van der Waals surface area contributed by atoms with E-state index < -0.39 is 0 Å². The van der Waals surface area contributed by atoms with Crippen LogP contribution in [0.2, 0.25) is 0 Å². The van der Waals surface area contributed by atoms with E-state index in [9.17, 15) is 9.50 Å². The first kappa shape index (κ1) is 17.4. The molecule has 1 N–H and O–H groups in total. The van der Waals surface area contributed by atoms with Crippen LogP contribution in [0.4, 0.5) is 4.39 Å². The maximum absolute atomic E-state index is 13.9. The van der Waals surface area contributed by atoms with E-state index in [0.717, 1.165) is 5.56 Å². The molecule has 0 amide bonds. The number of nitrogens with zero attached hydrogens (tertiary/aromatic N) is 4. The van der Waals surface area contributed by atoms with Gasteiger partial charge in [-0.05, 0) is 38.5 Å². The molecule has 3 aromatic rings. The number of hydrogen-bond donors (Lipinski definition) is 1. The number of aryl methyl sites for hydroxylation is 1. The fourth-order valence-corrected chi connectivity index (χ4v) is 4.82. The number of hydrogen-bond acceptors (Lipinski definition) is 6. The highest BCUT2D eigenvalue weighted by Crippen LogP contribution is 2.40. The third-order valence-electron chi connectivity index (χ3n) is 4.53. The monoisotopic (exact) mass is 376 g/mol. The zero-order valence-electron chi connectivity index (χ0n) is 14.9. The number of rotatable bonds is 3. The van der Waals surface area contributed by atoms with Gasteiger partial charge in [-0.25, -0.2) is 9.37 Å². The molecule has 2 aromatic heterocycles. The summed E-state index contributed by atoms with van der Waals surface area (Å²) in [7, 11) is 0. The van der Waals surface area contributed by atoms with Gasteiger partial charge in [-0.2, -0.15) is 4.52 Å². The van der Waals surface area contributed by atoms with Gasteiger partial charge in [0, 0.05) is 13.1 Å². The molecule has 0 unspecified atom stereocenters. The minimum Gasteiger partial charge on any atom is -0.492 e. The molecule has 3 heterocycles. The zero-order chi connectivity index (χ0) is 18.4. The van der Waals surface area contributed by atoms with Crippen molar-refractivity contribution in [2.75, 3.05) is 13.1 Å². The SMILES string of the molecule is Cc1nc2sc([C@H](c3cccc(F)c3)N3C[C@@H](C)O[C@H](C)C3)c(O)n2n1. The second kappa shape index (κ2) is 6.61. The van der Waals surface area contributed by atoms with E-state index in [1.807, 2.05) is 19.9 Å². The molecule has 0 bridgehead atoms. The third kappa shape index (κ3) is 3.08. The van der Waals surface area contributed by atoms with Gasteiger partial charge in [0.1, 0.15) is 11.6 Å². The lowest BCUT2D eigenvalue weighted by molar-refractivity contribution is -0.0764. The van der Waals surface area contributed by atoms with Crippen LogP contribution in [0.3, 0.4) is 0 Å². The number of halogens is 1. The standard InChI is InChI=1S/C18H21FN4O2S/c1-10-8-22(9-11(2)25-10)15(13-5-4-6-14(19)7-13)16-17(24)23-18(26-16)20-12(3)21-23/h4-7,10-11,15,24H,8-9H2,1-3H3/t10-,11-,15+/m1/s1. The predicted octanol–water partition coefficient (Wildman–Crippen LogP) is 3.14. The van der Waals surface area contributed by atoms with Crippen molar-refractivity contribution in [1.82, 2.24) is 19.5 Å². The number of thiazole rings is 1. The van der Waals surface area contributed by atoms with Gasteiger partial charge in [-0.3, -0.25) is 4.90 Å². The van der Waals surface area contributed by atoms with Crippen LogP contribution in [0, 0.1) is 12.7 Å². The summed E-state index contributed by atoms with van der Waals surface area (Å²) >= 11 is 1.38. The topological polar surface area (TPSA) is 62.9 Å². The summed E-state index contributed by atoms with van der Waals surface area (Å²) in [5.41, 5.74) is 0.794. The third-order valence-corrected chi connectivity index (χ3v) is 5.60. The first-order valence-corrected chi connectivity index (χ1v) is 9.44. The summed E-state index contributed by atoms with van der Waals surface area (Å²) in [5.74, 6) is 0.373. The molecular formula is C18H21FN4O2S. The van der Waals surface area contributed by atoms with Crippen molar-refractivity contribution < 1.29 is 14.2 Å². The van der Waals surface area contributed by atoms with Gasteiger partial charge in [-0.1, -0.05) is 23.5 Å². The highest BCUT2D eigenvalue weighted by atomic mass is 32.1. The van der Waals surface area contributed by atoms with E-state index in [1.54, 1.807) is 13.0 Å². The molecule has 0 aliphatic carbocycles. The molecule has 0 spiro atoms. The molecule has 3 atom stereocenters. The second-order valence-corrected chi connectivity index (χ2v) is 7.82. The van der Waals surface area contributed by atoms with Gasteiger partial charge in [0.25, 0.3) is 0 Å². The minimum absolute atomic E-state index is 0.0568. The zero-order valence-corrected chi connectivity index (χ0v) is 15.7. The molecule has 0 saturated carbocycles. The molecule has 1 fully saturated rings. The lowest BCUT2D eigenvalue weighted by atomic mass is 10.0. The summed E-state index contributed by atoms with van der Waals surface area (Å²) in [6, 6.07) is 6.25. The van der Waals surface area contributed by atoms with Crippen molar-refractivity contribution >= 4 is 16.3 Å². The van der Waals surface area contributed by atoms with Gasteiger partial charge in [0.2, 0.25) is 10.8 Å². The summed E-state index contributed by atoms with van der Waals surface area (Å²) in [6.45, 7) is 7.22. The second-order valence-electron chi connectivity index (χ2n) is 6.81. The summed E-state index contributed by atoms with van der Waals surface area (Å²) in [6.07, 6.45) is 0.114. The molecule has 6 nitrogen and oxygen atoms in total. The van der Waals surface area contributed by atoms with Gasteiger partial charge < -0.3 is 9.84 Å². The van der Waals surface area contributed by atoms with Crippen LogP contribution in [-0.4, -0.2) is 49.9 Å². The van der Waals surface area contributed by atoms with Gasteiger partial charge in [0.05, 0.1) is 23.1 Å². The normalized spacial score (nSPS) is 22.8. The van der Waals surface area contributed by atoms with Crippen LogP contribution in [0.15, 0.2) is 24.3 Å². The molecule has 1 aliphatic rings. The van der Waals surface area contributed by atoms with E-state index in [2.05, 4.69) is 15.0 Å². The lowest BCUT2D eigenvalue weighted by Crippen LogP contribution is -2.47. The van der Waals surface area contributed by atoms with Crippen molar-refractivity contribution in [3.05, 3.63) is 46.3 Å². The fourth-order valence-electron chi connectivity index (χ4n) is 3.66. The van der Waals surface area contributed by atoms with Crippen LogP contribution in [-0.2, 0) is 4.74 Å². The van der Waals surface area contributed by atoms with E-state index in [1.165, 1.54) is 28.0 Å². The van der Waals surface area contributed by atoms with E-state index in [0.29, 0.717) is 28.8 Å². The Labute approximate surface area is 154 Å². The van der Waals surface area contributed by atoms with E-state index in [-0.39, 0.29) is 29.9 Å². The van der Waals surface area contributed by atoms with Crippen molar-refractivity contribution in [2.45, 2.75) is 39.0 Å². The Morgan fingerprint density at radius 2 is 2.04 bits per heavy atom. The molecule has 4 rings (SSSR count). The van der Waals surface area contributed by atoms with Crippen molar-refractivity contribution in [2.24, 2.45) is 0 Å². The largest absolute Gasteiger partial charge is 0.492 e. The van der Waals surface area contributed by atoms with E-state index in [4.69, 9.17) is 4.74 Å². The number of ether oxygens (including phenoxy) is 1. The van der Waals surface area contributed by atoms with Crippen LogP contribution in [0.5, 0.6) is 5.88 Å². The van der Waals surface area contributed by atoms with Gasteiger partial charge >= 0.3 is 0 Å². The Hall–Kier alpha value is -2.03. The Kier molecular flexibility index (Phi) is 4.42. The molecule has 26 heavy (non-hydrogen) atoms.